The van der Waals surface area contributed by atoms with Crippen molar-refractivity contribution in [3.05, 3.63) is 52.4 Å². The lowest BCUT2D eigenvalue weighted by molar-refractivity contribution is -0.139. The highest BCUT2D eigenvalue weighted by Gasteiger charge is 2.18. The first kappa shape index (κ1) is 22.3. The van der Waals surface area contributed by atoms with E-state index in [-0.39, 0.29) is 35.2 Å². The maximum Gasteiger partial charge on any atom is 0.306 e. The van der Waals surface area contributed by atoms with Crippen molar-refractivity contribution in [2.45, 2.75) is 12.5 Å². The van der Waals surface area contributed by atoms with Crippen LogP contribution in [0.2, 0.25) is 0 Å². The molecule has 0 spiro atoms. The van der Waals surface area contributed by atoms with Gasteiger partial charge in [0, 0.05) is 22.1 Å². The first-order valence-electron chi connectivity index (χ1n) is 8.88. The Hall–Kier alpha value is -3.42. The number of pyridine rings is 1. The van der Waals surface area contributed by atoms with Crippen LogP contribution < -0.4 is 14.2 Å². The van der Waals surface area contributed by atoms with Gasteiger partial charge in [-0.1, -0.05) is 15.9 Å². The van der Waals surface area contributed by atoms with Gasteiger partial charge in [-0.3, -0.25) is 9.78 Å². The highest BCUT2D eigenvalue weighted by molar-refractivity contribution is 9.10. The molecule has 0 saturated carbocycles. The Labute approximate surface area is 184 Å². The molecule has 2 aromatic carbocycles. The fourth-order valence-electron chi connectivity index (χ4n) is 2.75. The van der Waals surface area contributed by atoms with Crippen LogP contribution in [0.15, 0.2) is 41.0 Å². The smallest absolute Gasteiger partial charge is 0.306 e. The molecular weight excluding hydrogens is 475 g/mol. The van der Waals surface area contributed by atoms with Gasteiger partial charge in [-0.2, -0.15) is 5.26 Å². The van der Waals surface area contributed by atoms with Crippen LogP contribution >= 0.6 is 15.9 Å². The average molecular weight is 491 g/mol. The van der Waals surface area contributed by atoms with Gasteiger partial charge in [0.1, 0.15) is 18.2 Å². The van der Waals surface area contributed by atoms with Gasteiger partial charge >= 0.3 is 5.97 Å². The van der Waals surface area contributed by atoms with E-state index in [1.54, 1.807) is 6.07 Å². The first-order valence-corrected chi connectivity index (χ1v) is 9.68. The van der Waals surface area contributed by atoms with E-state index in [1.165, 1.54) is 37.6 Å². The number of nitriles is 1. The topological polar surface area (TPSA) is 122 Å². The average Bonchev–Trinajstić information content (AvgIpc) is 2.73. The molecule has 0 amide bonds. The van der Waals surface area contributed by atoms with E-state index in [1.807, 2.05) is 6.07 Å². The number of hydrogen-bond donors (Lipinski definition) is 2. The third kappa shape index (κ3) is 5.20. The molecule has 0 aliphatic heterocycles. The zero-order valence-electron chi connectivity index (χ0n) is 16.1. The number of carboxylic acids is 1. The Kier molecular flexibility index (Phi) is 6.89. The van der Waals surface area contributed by atoms with Crippen molar-refractivity contribution in [3.8, 4) is 29.1 Å². The standard InChI is InChI=1S/C21H16BrFN2O6/c1-29-18-6-14-16(7-19(18)30-10-13(26)5-20(27)28)25-9-11(8-24)21(14)31-17-3-2-12(22)4-15(17)23/h2-4,6-7,9,13,26H,5,10H2,1H3,(H,27,28). The van der Waals surface area contributed by atoms with Crippen molar-refractivity contribution in [2.24, 2.45) is 0 Å². The van der Waals surface area contributed by atoms with Crippen LogP contribution in [0.3, 0.4) is 0 Å². The van der Waals surface area contributed by atoms with Crippen molar-refractivity contribution >= 4 is 32.8 Å². The summed E-state index contributed by atoms with van der Waals surface area (Å²) in [5.41, 5.74) is 0.442. The molecule has 0 radical (unpaired) electrons. The number of nitrogens with zero attached hydrogens (tertiary/aromatic N) is 2. The van der Waals surface area contributed by atoms with Crippen LogP contribution in [0.1, 0.15) is 12.0 Å². The van der Waals surface area contributed by atoms with Gasteiger partial charge in [0.05, 0.1) is 25.2 Å². The number of aromatic nitrogens is 1. The third-order valence-electron chi connectivity index (χ3n) is 4.17. The molecule has 1 aromatic heterocycles. The molecule has 1 unspecified atom stereocenters. The molecule has 1 atom stereocenters. The Morgan fingerprint density at radius 3 is 2.71 bits per heavy atom. The van der Waals surface area contributed by atoms with Crippen molar-refractivity contribution in [1.82, 2.24) is 4.98 Å². The normalized spacial score (nSPS) is 11.6. The van der Waals surface area contributed by atoms with Gasteiger partial charge in [-0.05, 0) is 24.3 Å². The number of aliphatic hydroxyl groups excluding tert-OH is 1. The van der Waals surface area contributed by atoms with Crippen molar-refractivity contribution in [3.63, 3.8) is 0 Å². The van der Waals surface area contributed by atoms with Gasteiger partial charge in [-0.25, -0.2) is 4.39 Å². The lowest BCUT2D eigenvalue weighted by atomic mass is 10.1. The number of halogens is 2. The molecule has 0 fully saturated rings. The number of hydrogen-bond acceptors (Lipinski definition) is 7. The highest BCUT2D eigenvalue weighted by atomic mass is 79.9. The molecule has 0 aliphatic carbocycles. The van der Waals surface area contributed by atoms with Crippen molar-refractivity contribution < 1.29 is 33.6 Å². The molecule has 3 rings (SSSR count). The Bertz CT molecular complexity index is 1180. The van der Waals surface area contributed by atoms with Crippen LogP contribution in [0, 0.1) is 17.1 Å². The summed E-state index contributed by atoms with van der Waals surface area (Å²) in [6.07, 6.45) is -0.411. The predicted octanol–water partition coefficient (Wildman–Crippen LogP) is 4.02. The lowest BCUT2D eigenvalue weighted by Gasteiger charge is -2.16. The summed E-state index contributed by atoms with van der Waals surface area (Å²) in [5, 5.41) is 28.3. The molecular formula is C21H16BrFN2O6. The van der Waals surface area contributed by atoms with Gasteiger partial charge in [-0.15, -0.1) is 0 Å². The zero-order valence-corrected chi connectivity index (χ0v) is 17.7. The van der Waals surface area contributed by atoms with E-state index in [4.69, 9.17) is 19.3 Å². The van der Waals surface area contributed by atoms with Crippen LogP contribution in [-0.4, -0.2) is 41.0 Å². The number of carboxylic acid groups (broad SMARTS) is 1. The minimum Gasteiger partial charge on any atom is -0.493 e. The van der Waals surface area contributed by atoms with Crippen molar-refractivity contribution in [2.75, 3.05) is 13.7 Å². The first-order chi connectivity index (χ1) is 14.8. The number of aliphatic hydroxyl groups is 1. The molecule has 160 valence electrons. The van der Waals surface area contributed by atoms with Gasteiger partial charge in [0.25, 0.3) is 0 Å². The fraction of sp³-hybridized carbons (Fsp3) is 0.190. The number of rotatable bonds is 8. The van der Waals surface area contributed by atoms with E-state index in [9.17, 15) is 19.6 Å². The monoisotopic (exact) mass is 490 g/mol. The quantitative estimate of drug-likeness (QED) is 0.485. The van der Waals surface area contributed by atoms with E-state index in [0.29, 0.717) is 15.4 Å². The molecule has 3 aromatic rings. The fourth-order valence-corrected chi connectivity index (χ4v) is 3.09. The highest BCUT2D eigenvalue weighted by Crippen LogP contribution is 2.39. The summed E-state index contributed by atoms with van der Waals surface area (Å²) in [6.45, 7) is -0.280. The number of fused-ring (bicyclic) bond motifs is 1. The Balaban J connectivity index is 2.02. The van der Waals surface area contributed by atoms with Crippen LogP contribution in [0.5, 0.6) is 23.0 Å². The van der Waals surface area contributed by atoms with Crippen LogP contribution in [0.4, 0.5) is 4.39 Å². The molecule has 0 saturated heterocycles. The number of carbonyl (C=O) groups is 1. The zero-order chi connectivity index (χ0) is 22.5. The number of ether oxygens (including phenoxy) is 3. The number of methoxy groups -OCH3 is 1. The second-order valence-corrected chi connectivity index (χ2v) is 7.29. The van der Waals surface area contributed by atoms with Gasteiger partial charge < -0.3 is 24.4 Å². The van der Waals surface area contributed by atoms with Crippen molar-refractivity contribution in [1.29, 1.82) is 5.26 Å². The number of aliphatic carboxylic acids is 1. The van der Waals surface area contributed by atoms with Gasteiger partial charge in [0.2, 0.25) is 0 Å². The van der Waals surface area contributed by atoms with E-state index in [2.05, 4.69) is 20.9 Å². The summed E-state index contributed by atoms with van der Waals surface area (Å²) in [4.78, 5) is 14.9. The summed E-state index contributed by atoms with van der Waals surface area (Å²) in [6, 6.07) is 9.23. The summed E-state index contributed by atoms with van der Waals surface area (Å²) < 4.78 is 31.4. The largest absolute Gasteiger partial charge is 0.493 e. The summed E-state index contributed by atoms with van der Waals surface area (Å²) >= 11 is 3.18. The molecule has 31 heavy (non-hydrogen) atoms. The molecule has 10 heteroatoms. The van der Waals surface area contributed by atoms with Crippen LogP contribution in [-0.2, 0) is 4.79 Å². The second kappa shape index (κ2) is 9.59. The van der Waals surface area contributed by atoms with E-state index >= 15 is 0 Å². The lowest BCUT2D eigenvalue weighted by Crippen LogP contribution is -2.21. The minimum absolute atomic E-state index is 0.0803. The van der Waals surface area contributed by atoms with E-state index in [0.717, 1.165) is 0 Å². The van der Waals surface area contributed by atoms with Crippen LogP contribution in [0.25, 0.3) is 10.9 Å². The molecule has 0 bridgehead atoms. The third-order valence-corrected chi connectivity index (χ3v) is 4.67. The minimum atomic E-state index is -1.22. The Morgan fingerprint density at radius 1 is 1.29 bits per heavy atom. The predicted molar refractivity (Wildman–Crippen MR) is 111 cm³/mol. The molecule has 2 N–H and O–H groups in total. The maximum absolute atomic E-state index is 14.3. The Morgan fingerprint density at radius 2 is 2.06 bits per heavy atom. The van der Waals surface area contributed by atoms with E-state index < -0.39 is 24.3 Å². The van der Waals surface area contributed by atoms with Gasteiger partial charge in [0.15, 0.2) is 28.8 Å². The summed E-state index contributed by atoms with van der Waals surface area (Å²) in [7, 11) is 1.39. The number of benzene rings is 2. The molecule has 1 heterocycles. The molecule has 0 aliphatic rings. The maximum atomic E-state index is 14.3. The molecule has 8 nitrogen and oxygen atoms in total. The summed E-state index contributed by atoms with van der Waals surface area (Å²) in [5.74, 6) is -1.34. The SMILES string of the molecule is COc1cc2c(Oc3ccc(Br)cc3F)c(C#N)cnc2cc1OCC(O)CC(=O)O. The second-order valence-electron chi connectivity index (χ2n) is 6.37.